The molecule has 8 aromatic rings. The summed E-state index contributed by atoms with van der Waals surface area (Å²) in [5.41, 5.74) is 8.90. The van der Waals surface area contributed by atoms with Gasteiger partial charge in [0.15, 0.2) is 5.58 Å². The summed E-state index contributed by atoms with van der Waals surface area (Å²) in [5.74, 6) is 2.09. The molecule has 0 saturated heterocycles. The molecule has 1 aliphatic rings. The van der Waals surface area contributed by atoms with E-state index in [0.29, 0.717) is 11.5 Å². The molecule has 0 N–H and O–H groups in total. The van der Waals surface area contributed by atoms with E-state index in [0.717, 1.165) is 72.2 Å². The molecule has 1 aliphatic heterocycles. The molecular formula is C45H39N4O2Pt-3. The zero-order valence-electron chi connectivity index (χ0n) is 30.3. The Kier molecular flexibility index (Phi) is 8.04. The average Bonchev–Trinajstić information content (AvgIpc) is 3.76. The number of rotatable bonds is 4. The summed E-state index contributed by atoms with van der Waals surface area (Å²) in [6, 6.07) is 40.9. The van der Waals surface area contributed by atoms with Gasteiger partial charge in [0.05, 0.1) is 5.69 Å². The number of benzene rings is 5. The molecule has 0 bridgehead atoms. The molecule has 0 aliphatic carbocycles. The van der Waals surface area contributed by atoms with Crippen LogP contribution in [0.4, 0.5) is 17.1 Å². The van der Waals surface area contributed by atoms with Gasteiger partial charge in [-0.05, 0) is 65.2 Å². The Balaban J connectivity index is 0.00000387. The number of para-hydroxylation sites is 2. The maximum absolute atomic E-state index is 6.69. The van der Waals surface area contributed by atoms with Crippen LogP contribution in [-0.4, -0.2) is 16.6 Å². The van der Waals surface area contributed by atoms with Crippen LogP contribution in [0.2, 0.25) is 0 Å². The van der Waals surface area contributed by atoms with Crippen molar-refractivity contribution in [2.24, 2.45) is 0 Å². The molecule has 0 radical (unpaired) electrons. The largest absolute Gasteiger partial charge is 0.509 e. The molecular weight excluding hydrogens is 824 g/mol. The smallest absolute Gasteiger partial charge is 0.158 e. The summed E-state index contributed by atoms with van der Waals surface area (Å²) in [6.07, 6.45) is 1.90. The second kappa shape index (κ2) is 12.3. The Hall–Kier alpha value is -5.06. The van der Waals surface area contributed by atoms with Gasteiger partial charge in [-0.1, -0.05) is 83.5 Å². The fraction of sp³-hybridized carbons (Fsp3) is 0.200. The molecule has 52 heavy (non-hydrogen) atoms. The van der Waals surface area contributed by atoms with Crippen LogP contribution in [0.1, 0.15) is 52.7 Å². The summed E-state index contributed by atoms with van der Waals surface area (Å²) in [7, 11) is 2.06. The number of nitrogens with zero attached hydrogens (tertiary/aromatic N) is 4. The minimum atomic E-state index is -0.136. The van der Waals surface area contributed by atoms with Gasteiger partial charge < -0.3 is 23.5 Å². The van der Waals surface area contributed by atoms with Gasteiger partial charge in [0.25, 0.3) is 0 Å². The van der Waals surface area contributed by atoms with Crippen molar-refractivity contribution in [2.45, 2.75) is 52.4 Å². The van der Waals surface area contributed by atoms with E-state index in [1.165, 1.54) is 5.56 Å². The minimum Gasteiger partial charge on any atom is -0.509 e. The molecule has 0 atom stereocenters. The van der Waals surface area contributed by atoms with Gasteiger partial charge in [0.1, 0.15) is 11.4 Å². The number of fused-ring (bicyclic) bond motifs is 8. The SMILES string of the molecule is CN1[CH-]N(c2[c-]c(Oc3[c-]c4c(cc3)c3ccccc3n4-c3cc(C(C)(C)C)ccn3)cc(C(C)(C)C)c2)c2ccc3c(oc4ccccc43)c21.[Pt]. The standard InChI is InChI=1S/C45H39N4O2.Pt/c1-44(2,3)28-20-21-46-41(24-28)49-37-14-10-8-12-33(37)34-17-16-31(26-39(34)49)50-32-23-29(45(4,5)6)22-30(25-32)48-27-47(7)42-38(48)19-18-36-35-13-9-11-15-40(35)51-43(36)42;/h8-24,27H,1-7H3;/q-3;. The van der Waals surface area contributed by atoms with Gasteiger partial charge in [0, 0.05) is 60.7 Å². The molecule has 0 amide bonds. The van der Waals surface area contributed by atoms with Crippen LogP contribution >= 0.6 is 0 Å². The first kappa shape index (κ1) is 34.0. The molecule has 6 nitrogen and oxygen atoms in total. The van der Waals surface area contributed by atoms with E-state index in [-0.39, 0.29) is 31.9 Å². The molecule has 0 spiro atoms. The van der Waals surface area contributed by atoms with Crippen LogP contribution in [0.15, 0.2) is 108 Å². The molecule has 4 heterocycles. The first-order chi connectivity index (χ1) is 24.4. The van der Waals surface area contributed by atoms with Crippen LogP contribution in [-0.2, 0) is 31.9 Å². The summed E-state index contributed by atoms with van der Waals surface area (Å²) < 4.78 is 15.3. The summed E-state index contributed by atoms with van der Waals surface area (Å²) in [5, 5.41) is 4.46. The van der Waals surface area contributed by atoms with Crippen LogP contribution in [0.25, 0.3) is 49.6 Å². The Labute approximate surface area is 318 Å². The van der Waals surface area contributed by atoms with Crippen molar-refractivity contribution < 1.29 is 30.2 Å². The molecule has 3 aromatic heterocycles. The number of anilines is 3. The Bertz CT molecular complexity index is 2660. The van der Waals surface area contributed by atoms with E-state index < -0.39 is 0 Å². The van der Waals surface area contributed by atoms with Crippen molar-refractivity contribution in [2.75, 3.05) is 16.8 Å². The number of furan rings is 1. The van der Waals surface area contributed by atoms with Crippen molar-refractivity contribution in [1.82, 2.24) is 9.55 Å². The third-order valence-electron chi connectivity index (χ3n) is 9.97. The fourth-order valence-electron chi connectivity index (χ4n) is 7.23. The molecule has 7 heteroatoms. The van der Waals surface area contributed by atoms with E-state index in [2.05, 4.69) is 161 Å². The molecule has 5 aromatic carbocycles. The summed E-state index contributed by atoms with van der Waals surface area (Å²) >= 11 is 0. The predicted molar refractivity (Wildman–Crippen MR) is 209 cm³/mol. The molecule has 9 rings (SSSR count). The second-order valence-corrected chi connectivity index (χ2v) is 15.6. The fourth-order valence-corrected chi connectivity index (χ4v) is 7.23. The summed E-state index contributed by atoms with van der Waals surface area (Å²) in [4.78, 5) is 9.13. The number of hydrogen-bond donors (Lipinski definition) is 0. The van der Waals surface area contributed by atoms with Gasteiger partial charge >= 0.3 is 0 Å². The first-order valence-electron chi connectivity index (χ1n) is 17.4. The average molecular weight is 863 g/mol. The third kappa shape index (κ3) is 5.56. The van der Waals surface area contributed by atoms with E-state index >= 15 is 0 Å². The van der Waals surface area contributed by atoms with Crippen molar-refractivity contribution in [3.8, 4) is 17.3 Å². The summed E-state index contributed by atoms with van der Waals surface area (Å²) in [6.45, 7) is 15.4. The van der Waals surface area contributed by atoms with Crippen LogP contribution < -0.4 is 14.5 Å². The topological polar surface area (TPSA) is 46.7 Å². The third-order valence-corrected chi connectivity index (χ3v) is 9.97. The molecule has 0 unspecified atom stereocenters. The van der Waals surface area contributed by atoms with E-state index in [9.17, 15) is 0 Å². The van der Waals surface area contributed by atoms with Crippen molar-refractivity contribution in [3.63, 3.8) is 0 Å². The van der Waals surface area contributed by atoms with Gasteiger partial charge in [-0.15, -0.1) is 47.0 Å². The maximum atomic E-state index is 6.69. The van der Waals surface area contributed by atoms with Crippen molar-refractivity contribution >= 4 is 60.8 Å². The van der Waals surface area contributed by atoms with Crippen molar-refractivity contribution in [3.05, 3.63) is 133 Å². The van der Waals surface area contributed by atoms with Crippen molar-refractivity contribution in [1.29, 1.82) is 0 Å². The normalized spacial score (nSPS) is 13.4. The number of ether oxygens (including phenoxy) is 1. The van der Waals surface area contributed by atoms with E-state index in [1.807, 2.05) is 24.4 Å². The number of hydrogen-bond acceptors (Lipinski definition) is 5. The van der Waals surface area contributed by atoms with Gasteiger partial charge in [-0.2, -0.15) is 12.7 Å². The van der Waals surface area contributed by atoms with Crippen LogP contribution in [0.5, 0.6) is 11.5 Å². The molecule has 264 valence electrons. The Morgan fingerprint density at radius 1 is 0.712 bits per heavy atom. The Morgan fingerprint density at radius 3 is 2.23 bits per heavy atom. The zero-order chi connectivity index (χ0) is 35.2. The van der Waals surface area contributed by atoms with Crippen LogP contribution in [0.3, 0.4) is 0 Å². The number of aromatic nitrogens is 2. The van der Waals surface area contributed by atoms with E-state index in [1.54, 1.807) is 0 Å². The maximum Gasteiger partial charge on any atom is 0.158 e. The van der Waals surface area contributed by atoms with Crippen LogP contribution in [0, 0.1) is 18.8 Å². The second-order valence-electron chi connectivity index (χ2n) is 15.6. The van der Waals surface area contributed by atoms with Gasteiger partial charge in [0.2, 0.25) is 0 Å². The van der Waals surface area contributed by atoms with Gasteiger partial charge in [-0.3, -0.25) is 0 Å². The quantitative estimate of drug-likeness (QED) is 0.165. The first-order valence-corrected chi connectivity index (χ1v) is 17.4. The predicted octanol–water partition coefficient (Wildman–Crippen LogP) is 11.8. The van der Waals surface area contributed by atoms with Gasteiger partial charge in [-0.25, -0.2) is 4.98 Å². The van der Waals surface area contributed by atoms with E-state index in [4.69, 9.17) is 14.1 Å². The Morgan fingerprint density at radius 2 is 1.44 bits per heavy atom. The zero-order valence-corrected chi connectivity index (χ0v) is 32.6. The molecule has 0 fully saturated rings. The monoisotopic (exact) mass is 862 g/mol. The minimum absolute atomic E-state index is 0. The number of pyridine rings is 1. The molecule has 0 saturated carbocycles.